The highest BCUT2D eigenvalue weighted by Gasteiger charge is 2.15. The van der Waals surface area contributed by atoms with Gasteiger partial charge in [0.25, 0.3) is 0 Å². The Bertz CT molecular complexity index is 944. The predicted octanol–water partition coefficient (Wildman–Crippen LogP) is 3.39. The quantitative estimate of drug-likeness (QED) is 0.612. The number of hydrogen-bond donors (Lipinski definition) is 1. The zero-order valence-electron chi connectivity index (χ0n) is 16.6. The number of carbonyl (C=O) groups excluding carboxylic acids is 1. The molecule has 0 radical (unpaired) electrons. The second-order valence-corrected chi connectivity index (χ2v) is 8.12. The molecule has 1 saturated heterocycles. The number of nitrogens with one attached hydrogen (secondary N) is 1. The van der Waals surface area contributed by atoms with E-state index in [-0.39, 0.29) is 5.91 Å². The van der Waals surface area contributed by atoms with E-state index in [0.717, 1.165) is 35.9 Å². The third kappa shape index (κ3) is 5.20. The molecule has 0 aliphatic carbocycles. The zero-order chi connectivity index (χ0) is 20.1. The third-order valence-electron chi connectivity index (χ3n) is 4.95. The summed E-state index contributed by atoms with van der Waals surface area (Å²) in [5, 5.41) is 14.3. The monoisotopic (exact) mass is 411 g/mol. The van der Waals surface area contributed by atoms with Crippen LogP contribution >= 0.6 is 11.3 Å². The van der Waals surface area contributed by atoms with Gasteiger partial charge < -0.3 is 14.6 Å². The van der Waals surface area contributed by atoms with Crippen molar-refractivity contribution in [3.63, 3.8) is 0 Å². The average molecular weight is 412 g/mol. The molecule has 29 heavy (non-hydrogen) atoms. The number of hydrogen-bond acceptors (Lipinski definition) is 7. The smallest absolute Gasteiger partial charge is 0.247 e. The van der Waals surface area contributed by atoms with Gasteiger partial charge in [0.2, 0.25) is 17.7 Å². The van der Waals surface area contributed by atoms with Crippen molar-refractivity contribution in [2.24, 2.45) is 0 Å². The summed E-state index contributed by atoms with van der Waals surface area (Å²) in [4.78, 5) is 19.1. The van der Waals surface area contributed by atoms with E-state index < -0.39 is 0 Å². The lowest BCUT2D eigenvalue weighted by atomic mass is 10.1. The number of aryl methyl sites for hydroxylation is 2. The van der Waals surface area contributed by atoms with Crippen LogP contribution in [0.2, 0.25) is 0 Å². The molecule has 8 heteroatoms. The first-order valence-corrected chi connectivity index (χ1v) is 10.9. The first-order valence-electron chi connectivity index (χ1n) is 10.0. The highest BCUT2D eigenvalue weighted by molar-refractivity contribution is 7.13. The van der Waals surface area contributed by atoms with Crippen LogP contribution in [0.3, 0.4) is 0 Å². The molecule has 1 aliphatic heterocycles. The predicted molar refractivity (Wildman–Crippen MR) is 113 cm³/mol. The van der Waals surface area contributed by atoms with Crippen LogP contribution in [0.1, 0.15) is 36.4 Å². The van der Waals surface area contributed by atoms with Crippen LogP contribution in [0, 0.1) is 6.92 Å². The molecule has 1 fully saturated rings. The summed E-state index contributed by atoms with van der Waals surface area (Å²) in [6.45, 7) is 4.82. The van der Waals surface area contributed by atoms with E-state index in [1.807, 2.05) is 31.2 Å². The maximum Gasteiger partial charge on any atom is 0.247 e. The molecule has 3 aromatic rings. The molecule has 1 aromatic carbocycles. The SMILES string of the molecule is Cc1ccc(-c2nnc(CCC(=O)NCCc3csc(N4CCCC4)n3)o2)cc1. The maximum absolute atomic E-state index is 12.1. The summed E-state index contributed by atoms with van der Waals surface area (Å²) in [6, 6.07) is 7.91. The fraction of sp³-hybridized carbons (Fsp3) is 0.429. The second-order valence-electron chi connectivity index (χ2n) is 7.28. The first kappa shape index (κ1) is 19.6. The summed E-state index contributed by atoms with van der Waals surface area (Å²) in [5.74, 6) is 0.943. The molecular formula is C21H25N5O2S. The van der Waals surface area contributed by atoms with Crippen LogP contribution in [-0.4, -0.2) is 40.7 Å². The van der Waals surface area contributed by atoms with Crippen molar-refractivity contribution >= 4 is 22.4 Å². The number of aromatic nitrogens is 3. The molecule has 2 aromatic heterocycles. The minimum absolute atomic E-state index is 0.0184. The lowest BCUT2D eigenvalue weighted by Crippen LogP contribution is -2.26. The maximum atomic E-state index is 12.1. The summed E-state index contributed by atoms with van der Waals surface area (Å²) < 4.78 is 5.67. The topological polar surface area (TPSA) is 84.2 Å². The Labute approximate surface area is 174 Å². The van der Waals surface area contributed by atoms with Gasteiger partial charge in [0.15, 0.2) is 5.13 Å². The highest BCUT2D eigenvalue weighted by atomic mass is 32.1. The lowest BCUT2D eigenvalue weighted by molar-refractivity contribution is -0.121. The molecule has 1 N–H and O–H groups in total. The van der Waals surface area contributed by atoms with Crippen molar-refractivity contribution < 1.29 is 9.21 Å². The van der Waals surface area contributed by atoms with Gasteiger partial charge in [-0.25, -0.2) is 4.98 Å². The minimum atomic E-state index is -0.0184. The molecule has 7 nitrogen and oxygen atoms in total. The summed E-state index contributed by atoms with van der Waals surface area (Å²) in [6.07, 6.45) is 4.00. The van der Waals surface area contributed by atoms with Crippen LogP contribution < -0.4 is 10.2 Å². The Hall–Kier alpha value is -2.74. The van der Waals surface area contributed by atoms with E-state index in [1.54, 1.807) is 11.3 Å². The Balaban J connectivity index is 1.19. The first-order chi connectivity index (χ1) is 14.2. The summed E-state index contributed by atoms with van der Waals surface area (Å²) in [5.41, 5.74) is 3.10. The van der Waals surface area contributed by atoms with E-state index in [2.05, 4.69) is 30.8 Å². The Morgan fingerprint density at radius 2 is 1.97 bits per heavy atom. The van der Waals surface area contributed by atoms with Crippen molar-refractivity contribution in [2.45, 2.75) is 39.0 Å². The number of thiazole rings is 1. The fourth-order valence-corrected chi connectivity index (χ4v) is 4.18. The van der Waals surface area contributed by atoms with Crippen LogP contribution in [-0.2, 0) is 17.6 Å². The zero-order valence-corrected chi connectivity index (χ0v) is 17.4. The van der Waals surface area contributed by atoms with E-state index in [9.17, 15) is 4.79 Å². The molecule has 0 atom stereocenters. The fourth-order valence-electron chi connectivity index (χ4n) is 3.27. The van der Waals surface area contributed by atoms with Crippen molar-refractivity contribution in [1.82, 2.24) is 20.5 Å². The largest absolute Gasteiger partial charge is 0.421 e. The Morgan fingerprint density at radius 1 is 1.17 bits per heavy atom. The number of nitrogens with zero attached hydrogens (tertiary/aromatic N) is 4. The van der Waals surface area contributed by atoms with Crippen LogP contribution in [0.15, 0.2) is 34.1 Å². The van der Waals surface area contributed by atoms with E-state index >= 15 is 0 Å². The molecule has 4 rings (SSSR count). The second kappa shape index (κ2) is 9.17. The highest BCUT2D eigenvalue weighted by Crippen LogP contribution is 2.24. The number of benzene rings is 1. The van der Waals surface area contributed by atoms with Gasteiger partial charge >= 0.3 is 0 Å². The van der Waals surface area contributed by atoms with E-state index in [4.69, 9.17) is 4.42 Å². The number of rotatable bonds is 8. The Morgan fingerprint density at radius 3 is 2.76 bits per heavy atom. The minimum Gasteiger partial charge on any atom is -0.421 e. The average Bonchev–Trinajstić information content (AvgIpc) is 3.48. The third-order valence-corrected chi connectivity index (χ3v) is 5.90. The molecule has 0 spiro atoms. The van der Waals surface area contributed by atoms with Crippen LogP contribution in [0.5, 0.6) is 0 Å². The molecule has 0 saturated carbocycles. The Kier molecular flexibility index (Phi) is 6.19. The summed E-state index contributed by atoms with van der Waals surface area (Å²) in [7, 11) is 0. The van der Waals surface area contributed by atoms with Gasteiger partial charge in [-0.15, -0.1) is 21.5 Å². The van der Waals surface area contributed by atoms with Gasteiger partial charge in [-0.05, 0) is 31.9 Å². The molecule has 3 heterocycles. The van der Waals surface area contributed by atoms with Crippen molar-refractivity contribution in [3.8, 4) is 11.5 Å². The number of carbonyl (C=O) groups is 1. The van der Waals surface area contributed by atoms with Gasteiger partial charge in [0.1, 0.15) is 0 Å². The molecule has 1 aliphatic rings. The molecule has 152 valence electrons. The molecule has 0 unspecified atom stereocenters. The lowest BCUT2D eigenvalue weighted by Gasteiger charge is -2.12. The summed E-state index contributed by atoms with van der Waals surface area (Å²) >= 11 is 1.69. The number of amides is 1. The molecule has 0 bridgehead atoms. The standard InChI is InChI=1S/C21H25N5O2S/c1-15-4-6-16(7-5-15)20-25-24-19(28-20)9-8-18(27)22-11-10-17-14-29-21(23-17)26-12-2-3-13-26/h4-7,14H,2-3,8-13H2,1H3,(H,22,27). The van der Waals surface area contributed by atoms with E-state index in [0.29, 0.717) is 31.2 Å². The molecular weight excluding hydrogens is 386 g/mol. The van der Waals surface area contributed by atoms with Gasteiger partial charge in [-0.1, -0.05) is 17.7 Å². The van der Waals surface area contributed by atoms with E-state index in [1.165, 1.54) is 18.4 Å². The van der Waals surface area contributed by atoms with Crippen LogP contribution in [0.25, 0.3) is 11.5 Å². The number of anilines is 1. The van der Waals surface area contributed by atoms with Crippen LogP contribution in [0.4, 0.5) is 5.13 Å². The van der Waals surface area contributed by atoms with Crippen molar-refractivity contribution in [2.75, 3.05) is 24.5 Å². The van der Waals surface area contributed by atoms with Crippen molar-refractivity contribution in [1.29, 1.82) is 0 Å². The normalized spacial score (nSPS) is 13.8. The van der Waals surface area contributed by atoms with Gasteiger partial charge in [0, 0.05) is 49.8 Å². The van der Waals surface area contributed by atoms with Gasteiger partial charge in [-0.3, -0.25) is 4.79 Å². The van der Waals surface area contributed by atoms with Crippen molar-refractivity contribution in [3.05, 3.63) is 46.8 Å². The van der Waals surface area contributed by atoms with Gasteiger partial charge in [0.05, 0.1) is 5.69 Å². The van der Waals surface area contributed by atoms with Gasteiger partial charge in [-0.2, -0.15) is 0 Å². The molecule has 1 amide bonds.